The average Bonchev–Trinajstić information content (AvgIpc) is 2.03. The molecule has 0 unspecified atom stereocenters. The summed E-state index contributed by atoms with van der Waals surface area (Å²) in [7, 11) is -2.24. The summed E-state index contributed by atoms with van der Waals surface area (Å²) in [5, 5.41) is 0. The van der Waals surface area contributed by atoms with Crippen molar-refractivity contribution in [2.24, 2.45) is 0 Å². The fourth-order valence-corrected chi connectivity index (χ4v) is 1.58. The Bertz CT molecular complexity index is 308. The highest BCUT2D eigenvalue weighted by molar-refractivity contribution is 9.10. The third-order valence-corrected chi connectivity index (χ3v) is 2.61. The van der Waals surface area contributed by atoms with Crippen LogP contribution in [0.5, 0.6) is 0 Å². The number of benzene rings is 1. The largest absolute Gasteiger partial charge is 0.232 e. The van der Waals surface area contributed by atoms with Gasteiger partial charge in [0.25, 0.3) is 0 Å². The first-order chi connectivity index (χ1) is 5.68. The topological polar surface area (TPSA) is 34.1 Å². The number of aryl methyl sites for hydroxylation is 1. The molecule has 12 heavy (non-hydrogen) atoms. The molecule has 0 saturated carbocycles. The van der Waals surface area contributed by atoms with Crippen molar-refractivity contribution >= 4 is 26.6 Å². The van der Waals surface area contributed by atoms with Crippen LogP contribution in [0.1, 0.15) is 5.56 Å². The van der Waals surface area contributed by atoms with E-state index in [9.17, 15) is 8.42 Å². The van der Waals surface area contributed by atoms with Gasteiger partial charge in [-0.15, -0.1) is 0 Å². The van der Waals surface area contributed by atoms with E-state index < -0.39 is 10.7 Å². The second-order valence-corrected chi connectivity index (χ2v) is 4.46. The molecule has 0 aliphatic rings. The molecule has 1 aromatic carbocycles. The lowest BCUT2D eigenvalue weighted by atomic mass is 10.2. The van der Waals surface area contributed by atoms with Crippen LogP contribution in [0.3, 0.4) is 0 Å². The van der Waals surface area contributed by atoms with Crippen molar-refractivity contribution in [3.63, 3.8) is 0 Å². The molecule has 1 rings (SSSR count). The predicted octanol–water partition coefficient (Wildman–Crippen LogP) is 1.60. The zero-order valence-corrected chi connectivity index (χ0v) is 8.85. The molecule has 0 fully saturated rings. The molecule has 0 spiro atoms. The van der Waals surface area contributed by atoms with Crippen LogP contribution in [0.25, 0.3) is 0 Å². The molecule has 0 aliphatic carbocycles. The van der Waals surface area contributed by atoms with Crippen LogP contribution in [0.15, 0.2) is 28.7 Å². The van der Waals surface area contributed by atoms with Crippen molar-refractivity contribution in [3.8, 4) is 0 Å². The van der Waals surface area contributed by atoms with E-state index in [0.717, 1.165) is 10.0 Å². The Kier molecular flexibility index (Phi) is 3.75. The summed E-state index contributed by atoms with van der Waals surface area (Å²) < 4.78 is 21.5. The highest BCUT2D eigenvalue weighted by Gasteiger charge is 1.93. The molecule has 0 aromatic heterocycles. The maximum absolute atomic E-state index is 10.3. The molecular weight excluding hydrogens is 240 g/mol. The van der Waals surface area contributed by atoms with Gasteiger partial charge in [0.15, 0.2) is 0 Å². The zero-order chi connectivity index (χ0) is 8.97. The first kappa shape index (κ1) is 9.74. The highest BCUT2D eigenvalue weighted by atomic mass is 79.9. The summed E-state index contributed by atoms with van der Waals surface area (Å²) in [5.74, 6) is 0.233. The maximum atomic E-state index is 10.3. The van der Waals surface area contributed by atoms with Crippen molar-refractivity contribution < 1.29 is 8.42 Å². The first-order valence-electron chi connectivity index (χ1n) is 3.55. The molecule has 0 bridgehead atoms. The summed E-state index contributed by atoms with van der Waals surface area (Å²) in [6.45, 7) is 0. The summed E-state index contributed by atoms with van der Waals surface area (Å²) in [6.07, 6.45) is 0.603. The lowest BCUT2D eigenvalue weighted by molar-refractivity contribution is 0.614. The predicted molar refractivity (Wildman–Crippen MR) is 53.0 cm³/mol. The Morgan fingerprint density at radius 1 is 1.17 bits per heavy atom. The van der Waals surface area contributed by atoms with E-state index in [1.807, 2.05) is 24.3 Å². The van der Waals surface area contributed by atoms with Gasteiger partial charge in [-0.3, -0.25) is 0 Å². The Hall–Kier alpha value is -0.350. The molecule has 0 atom stereocenters. The van der Waals surface area contributed by atoms with Gasteiger partial charge in [-0.1, -0.05) is 28.1 Å². The quantitative estimate of drug-likeness (QED) is 0.825. The molecule has 2 nitrogen and oxygen atoms in total. The van der Waals surface area contributed by atoms with Gasteiger partial charge in [-0.05, 0) is 24.1 Å². The van der Waals surface area contributed by atoms with Crippen molar-refractivity contribution in [2.75, 3.05) is 5.75 Å². The van der Waals surface area contributed by atoms with Gasteiger partial charge in [0.1, 0.15) is 10.7 Å². The molecule has 66 valence electrons. The van der Waals surface area contributed by atoms with Gasteiger partial charge in [0.2, 0.25) is 0 Å². The van der Waals surface area contributed by atoms with Crippen LogP contribution < -0.4 is 0 Å². The van der Waals surface area contributed by atoms with Gasteiger partial charge < -0.3 is 0 Å². The van der Waals surface area contributed by atoms with E-state index in [1.165, 1.54) is 0 Å². The molecule has 0 radical (unpaired) electrons. The number of hydrogen-bond acceptors (Lipinski definition) is 2. The molecular formula is C8H9BrO2S. The monoisotopic (exact) mass is 248 g/mol. The van der Waals surface area contributed by atoms with Gasteiger partial charge in [0.05, 0.1) is 5.75 Å². The summed E-state index contributed by atoms with van der Waals surface area (Å²) >= 11 is 3.31. The van der Waals surface area contributed by atoms with Crippen LogP contribution in [-0.4, -0.2) is 14.2 Å². The molecule has 1 aromatic rings. The van der Waals surface area contributed by atoms with Crippen LogP contribution in [0.2, 0.25) is 0 Å². The van der Waals surface area contributed by atoms with E-state index in [2.05, 4.69) is 15.9 Å². The summed E-state index contributed by atoms with van der Waals surface area (Å²) in [4.78, 5) is 0. The normalized spacial score (nSPS) is 10.5. The molecule has 0 saturated heterocycles. The lowest BCUT2D eigenvalue weighted by Gasteiger charge is -1.96. The van der Waals surface area contributed by atoms with E-state index in [-0.39, 0.29) is 5.75 Å². The third-order valence-electron chi connectivity index (χ3n) is 1.50. The van der Waals surface area contributed by atoms with Crippen molar-refractivity contribution in [3.05, 3.63) is 34.3 Å². The van der Waals surface area contributed by atoms with E-state index >= 15 is 0 Å². The lowest BCUT2D eigenvalue weighted by Crippen LogP contribution is -1.92. The smallest absolute Gasteiger partial charge is 0.140 e. The Labute approximate surface area is 81.7 Å². The SMILES string of the molecule is O=[SH](=O)CCc1ccc(Br)cc1. The Morgan fingerprint density at radius 3 is 2.25 bits per heavy atom. The van der Waals surface area contributed by atoms with Gasteiger partial charge in [-0.25, -0.2) is 8.42 Å². The fraction of sp³-hybridized carbons (Fsp3) is 0.250. The van der Waals surface area contributed by atoms with Gasteiger partial charge in [-0.2, -0.15) is 0 Å². The van der Waals surface area contributed by atoms with Crippen LogP contribution in [0.4, 0.5) is 0 Å². The number of halogens is 1. The first-order valence-corrected chi connectivity index (χ1v) is 5.70. The van der Waals surface area contributed by atoms with Gasteiger partial charge >= 0.3 is 0 Å². The minimum Gasteiger partial charge on any atom is -0.232 e. The molecule has 0 heterocycles. The summed E-state index contributed by atoms with van der Waals surface area (Å²) in [5.41, 5.74) is 1.05. The van der Waals surface area contributed by atoms with Crippen molar-refractivity contribution in [2.45, 2.75) is 6.42 Å². The molecule has 0 amide bonds. The average molecular weight is 249 g/mol. The fourth-order valence-electron chi connectivity index (χ4n) is 0.871. The highest BCUT2D eigenvalue weighted by Crippen LogP contribution is 2.10. The zero-order valence-electron chi connectivity index (χ0n) is 6.37. The van der Waals surface area contributed by atoms with E-state index in [0.29, 0.717) is 6.42 Å². The number of hydrogen-bond donors (Lipinski definition) is 1. The van der Waals surface area contributed by atoms with Crippen LogP contribution in [0, 0.1) is 0 Å². The minimum absolute atomic E-state index is 0.233. The summed E-state index contributed by atoms with van der Waals surface area (Å²) in [6, 6.07) is 7.66. The standard InChI is InChI=1S/C8H9BrO2S/c9-8-3-1-7(2-4-8)5-6-12(10)11/h1-4,12H,5-6H2. The molecule has 0 N–H and O–H groups in total. The molecule has 4 heteroatoms. The number of thiol groups is 1. The second kappa shape index (κ2) is 4.62. The number of rotatable bonds is 3. The second-order valence-electron chi connectivity index (χ2n) is 2.43. The Balaban J connectivity index is 2.59. The van der Waals surface area contributed by atoms with Crippen LogP contribution in [-0.2, 0) is 17.1 Å². The third kappa shape index (κ3) is 3.36. The van der Waals surface area contributed by atoms with E-state index in [4.69, 9.17) is 0 Å². The van der Waals surface area contributed by atoms with Crippen molar-refractivity contribution in [1.82, 2.24) is 0 Å². The van der Waals surface area contributed by atoms with Gasteiger partial charge in [0, 0.05) is 4.47 Å². The van der Waals surface area contributed by atoms with Crippen LogP contribution >= 0.6 is 15.9 Å². The molecule has 0 aliphatic heterocycles. The van der Waals surface area contributed by atoms with Crippen molar-refractivity contribution in [1.29, 1.82) is 0 Å². The van der Waals surface area contributed by atoms with E-state index in [1.54, 1.807) is 0 Å². The Morgan fingerprint density at radius 2 is 1.75 bits per heavy atom. The maximum Gasteiger partial charge on any atom is 0.140 e. The minimum atomic E-state index is -2.24.